The van der Waals surface area contributed by atoms with Gasteiger partial charge in [-0.1, -0.05) is 20.3 Å². The number of aromatic nitrogens is 2. The molecule has 2 aliphatic carbocycles. The zero-order valence-corrected chi connectivity index (χ0v) is 16.3. The van der Waals surface area contributed by atoms with Crippen molar-refractivity contribution in [3.63, 3.8) is 0 Å². The van der Waals surface area contributed by atoms with E-state index in [2.05, 4.69) is 45.1 Å². The van der Waals surface area contributed by atoms with Crippen LogP contribution in [-0.4, -0.2) is 21.9 Å². The van der Waals surface area contributed by atoms with Crippen LogP contribution in [0.15, 0.2) is 16.9 Å². The van der Waals surface area contributed by atoms with E-state index in [0.717, 1.165) is 53.3 Å². The summed E-state index contributed by atoms with van der Waals surface area (Å²) in [5, 5.41) is 4.17. The first-order chi connectivity index (χ1) is 11.9. The molecule has 2 heterocycles. The molecule has 2 aromatic heterocycles. The molecule has 4 N–H and O–H groups in total. The maximum absolute atomic E-state index is 12.6. The molecule has 2 aliphatic rings. The van der Waals surface area contributed by atoms with Gasteiger partial charge >= 0.3 is 0 Å². The molecular weight excluding hydrogens is 380 g/mol. The molecule has 3 unspecified atom stereocenters. The fourth-order valence-electron chi connectivity index (χ4n) is 4.22. The van der Waals surface area contributed by atoms with Crippen LogP contribution in [0.25, 0.3) is 11.0 Å². The van der Waals surface area contributed by atoms with E-state index in [1.54, 1.807) is 0 Å². The van der Waals surface area contributed by atoms with E-state index in [1.165, 1.54) is 5.56 Å². The van der Waals surface area contributed by atoms with Gasteiger partial charge in [0, 0.05) is 34.2 Å². The maximum atomic E-state index is 12.6. The summed E-state index contributed by atoms with van der Waals surface area (Å²) in [5.74, 6) is 0.605. The van der Waals surface area contributed by atoms with Gasteiger partial charge in [0.1, 0.15) is 5.65 Å². The Labute approximate surface area is 156 Å². The molecule has 6 heteroatoms. The average Bonchev–Trinajstić information content (AvgIpc) is 3.02. The zero-order valence-electron chi connectivity index (χ0n) is 14.7. The number of carbonyl (C=O) groups is 1. The number of hydrogen-bond acceptors (Lipinski definition) is 3. The molecular formula is C19H25BrN4O. The zero-order chi connectivity index (χ0) is 17.8. The number of nitrogens with two attached hydrogens (primary N) is 1. The highest BCUT2D eigenvalue weighted by atomic mass is 79.9. The van der Waals surface area contributed by atoms with Crippen molar-refractivity contribution in [3.8, 4) is 0 Å². The summed E-state index contributed by atoms with van der Waals surface area (Å²) in [6, 6.07) is 0.248. The molecule has 0 aliphatic heterocycles. The highest BCUT2D eigenvalue weighted by molar-refractivity contribution is 9.10. The van der Waals surface area contributed by atoms with Gasteiger partial charge in [0.15, 0.2) is 0 Å². The van der Waals surface area contributed by atoms with E-state index in [-0.39, 0.29) is 23.3 Å². The fourth-order valence-corrected chi connectivity index (χ4v) is 4.84. The Morgan fingerprint density at radius 1 is 1.44 bits per heavy atom. The van der Waals surface area contributed by atoms with E-state index < -0.39 is 0 Å². The van der Waals surface area contributed by atoms with Crippen LogP contribution in [0.4, 0.5) is 5.69 Å². The van der Waals surface area contributed by atoms with E-state index in [0.29, 0.717) is 5.92 Å². The molecule has 134 valence electrons. The molecule has 5 nitrogen and oxygen atoms in total. The molecule has 1 amide bonds. The van der Waals surface area contributed by atoms with Crippen LogP contribution in [0.2, 0.25) is 0 Å². The fraction of sp³-hybridized carbons (Fsp3) is 0.579. The summed E-state index contributed by atoms with van der Waals surface area (Å²) < 4.78 is 1.00. The van der Waals surface area contributed by atoms with Gasteiger partial charge < -0.3 is 16.0 Å². The standard InChI is InChI=1S/C19H25BrN4O/c1-19(2)7-12(19)18(25)24-14-9-23-17-16(14)15(13(20)8-22-17)10-4-3-5-11(21)6-10/h8-12H,3-7,21H2,1-2H3,(H,22,23)(H,24,25). The molecule has 3 atom stereocenters. The third-order valence-corrected chi connectivity index (χ3v) is 6.54. The number of fused-ring (bicyclic) bond motifs is 1. The number of nitrogens with zero attached hydrogens (tertiary/aromatic N) is 1. The van der Waals surface area contributed by atoms with Crippen LogP contribution in [-0.2, 0) is 4.79 Å². The first-order valence-electron chi connectivity index (χ1n) is 9.09. The average molecular weight is 405 g/mol. The summed E-state index contributed by atoms with van der Waals surface area (Å²) in [7, 11) is 0. The topological polar surface area (TPSA) is 83.8 Å². The van der Waals surface area contributed by atoms with E-state index in [9.17, 15) is 4.79 Å². The van der Waals surface area contributed by atoms with Gasteiger partial charge in [-0.05, 0) is 58.5 Å². The summed E-state index contributed by atoms with van der Waals surface area (Å²) in [5.41, 5.74) is 9.23. The number of amides is 1. The monoisotopic (exact) mass is 404 g/mol. The van der Waals surface area contributed by atoms with Crippen LogP contribution in [0, 0.1) is 11.3 Å². The van der Waals surface area contributed by atoms with Gasteiger partial charge in [0.2, 0.25) is 5.91 Å². The number of hydrogen-bond donors (Lipinski definition) is 3. The molecule has 2 fully saturated rings. The van der Waals surface area contributed by atoms with Gasteiger partial charge in [0.25, 0.3) is 0 Å². The molecule has 0 radical (unpaired) electrons. The van der Waals surface area contributed by atoms with Crippen LogP contribution in [0.3, 0.4) is 0 Å². The molecule has 2 saturated carbocycles. The Hall–Kier alpha value is -1.40. The Balaban J connectivity index is 1.71. The number of rotatable bonds is 3. The highest BCUT2D eigenvalue weighted by Gasteiger charge is 2.50. The summed E-state index contributed by atoms with van der Waals surface area (Å²) >= 11 is 3.69. The normalized spacial score (nSPS) is 28.1. The van der Waals surface area contributed by atoms with E-state index >= 15 is 0 Å². The van der Waals surface area contributed by atoms with E-state index in [1.807, 2.05) is 12.4 Å². The molecule has 0 spiro atoms. The second kappa shape index (κ2) is 6.09. The van der Waals surface area contributed by atoms with E-state index in [4.69, 9.17) is 5.73 Å². The number of carbonyl (C=O) groups excluding carboxylic acids is 1. The first kappa shape index (κ1) is 17.0. The van der Waals surface area contributed by atoms with Crippen LogP contribution in [0.1, 0.15) is 57.4 Å². The van der Waals surface area contributed by atoms with Crippen molar-refractivity contribution in [2.75, 3.05) is 5.32 Å². The van der Waals surface area contributed by atoms with Gasteiger partial charge in [-0.25, -0.2) is 4.98 Å². The minimum Gasteiger partial charge on any atom is -0.344 e. The number of halogens is 1. The number of nitrogens with one attached hydrogen (secondary N) is 2. The van der Waals surface area contributed by atoms with Crippen LogP contribution < -0.4 is 11.1 Å². The Morgan fingerprint density at radius 2 is 2.20 bits per heavy atom. The van der Waals surface area contributed by atoms with Crippen LogP contribution >= 0.6 is 15.9 Å². The molecule has 0 aromatic carbocycles. The summed E-state index contributed by atoms with van der Waals surface area (Å²) in [6.45, 7) is 4.28. The van der Waals surface area contributed by atoms with Gasteiger partial charge in [-0.2, -0.15) is 0 Å². The number of H-pyrrole nitrogens is 1. The molecule has 0 bridgehead atoms. The second-order valence-corrected chi connectivity index (χ2v) is 9.16. The van der Waals surface area contributed by atoms with Crippen molar-refractivity contribution < 1.29 is 4.79 Å². The van der Waals surface area contributed by atoms with Crippen molar-refractivity contribution in [1.82, 2.24) is 9.97 Å². The third-order valence-electron chi connectivity index (χ3n) is 5.90. The quantitative estimate of drug-likeness (QED) is 0.712. The Bertz CT molecular complexity index is 828. The lowest BCUT2D eigenvalue weighted by Crippen LogP contribution is -2.27. The van der Waals surface area contributed by atoms with Gasteiger partial charge in [-0.15, -0.1) is 0 Å². The largest absolute Gasteiger partial charge is 0.344 e. The second-order valence-electron chi connectivity index (χ2n) is 8.30. The molecule has 2 aromatic rings. The molecule has 25 heavy (non-hydrogen) atoms. The van der Waals surface area contributed by atoms with Crippen LogP contribution in [0.5, 0.6) is 0 Å². The molecule has 0 saturated heterocycles. The predicted octanol–water partition coefficient (Wildman–Crippen LogP) is 4.29. The lowest BCUT2D eigenvalue weighted by molar-refractivity contribution is -0.117. The van der Waals surface area contributed by atoms with Crippen molar-refractivity contribution in [1.29, 1.82) is 0 Å². The Kier molecular flexibility index (Phi) is 4.15. The van der Waals surface area contributed by atoms with Crippen molar-refractivity contribution >= 4 is 38.6 Å². The third kappa shape index (κ3) is 3.10. The lowest BCUT2D eigenvalue weighted by atomic mass is 9.81. The number of aromatic amines is 1. The highest BCUT2D eigenvalue weighted by Crippen LogP contribution is 2.52. The van der Waals surface area contributed by atoms with Crippen molar-refractivity contribution in [2.24, 2.45) is 17.1 Å². The van der Waals surface area contributed by atoms with Crippen molar-refractivity contribution in [2.45, 2.75) is 57.9 Å². The SMILES string of the molecule is CC1(C)CC1C(=O)Nc1c[nH]c2ncc(Br)c(C3CCCC(N)C3)c12. The lowest BCUT2D eigenvalue weighted by Gasteiger charge is -2.28. The Morgan fingerprint density at radius 3 is 2.88 bits per heavy atom. The first-order valence-corrected chi connectivity index (χ1v) is 9.88. The van der Waals surface area contributed by atoms with Crippen molar-refractivity contribution in [3.05, 3.63) is 22.4 Å². The number of anilines is 1. The summed E-state index contributed by atoms with van der Waals surface area (Å²) in [4.78, 5) is 20.3. The minimum atomic E-state index is 0.101. The van der Waals surface area contributed by atoms with Gasteiger partial charge in [-0.3, -0.25) is 4.79 Å². The maximum Gasteiger partial charge on any atom is 0.228 e. The molecule has 4 rings (SSSR count). The minimum absolute atomic E-state index is 0.101. The van der Waals surface area contributed by atoms with Gasteiger partial charge in [0.05, 0.1) is 5.69 Å². The smallest absolute Gasteiger partial charge is 0.228 e. The summed E-state index contributed by atoms with van der Waals surface area (Å²) in [6.07, 6.45) is 9.01. The number of pyridine rings is 1. The predicted molar refractivity (Wildman–Crippen MR) is 103 cm³/mol.